The van der Waals surface area contributed by atoms with Crippen LogP contribution in [-0.2, 0) is 0 Å². The summed E-state index contributed by atoms with van der Waals surface area (Å²) in [7, 11) is 0. The van der Waals surface area contributed by atoms with Crippen LogP contribution in [-0.4, -0.2) is 11.5 Å². The number of fused-ring (bicyclic) bond motifs is 1. The summed E-state index contributed by atoms with van der Waals surface area (Å²) < 4.78 is 1.37. The number of nitrogens with zero attached hydrogens (tertiary/aromatic N) is 1. The zero-order valence-corrected chi connectivity index (χ0v) is 12.6. The van der Waals surface area contributed by atoms with Gasteiger partial charge in [0.1, 0.15) is 0 Å². The Morgan fingerprint density at radius 1 is 1.20 bits per heavy atom. The Morgan fingerprint density at radius 3 is 2.90 bits per heavy atom. The molecule has 0 saturated heterocycles. The van der Waals surface area contributed by atoms with Crippen molar-refractivity contribution in [1.29, 1.82) is 0 Å². The Labute approximate surface area is 123 Å². The molecule has 0 bridgehead atoms. The van der Waals surface area contributed by atoms with Crippen LogP contribution in [0.4, 0.5) is 0 Å². The molecule has 2 aromatic heterocycles. The van der Waals surface area contributed by atoms with Crippen LogP contribution in [0, 0.1) is 6.92 Å². The summed E-state index contributed by atoms with van der Waals surface area (Å²) in [4.78, 5) is 4.21. The largest absolute Gasteiger partial charge is 0.306 e. The molecule has 3 aromatic rings. The number of hydrogen-bond donors (Lipinski definition) is 1. The van der Waals surface area contributed by atoms with Crippen molar-refractivity contribution in [2.24, 2.45) is 0 Å². The minimum atomic E-state index is 0.227. The lowest BCUT2D eigenvalue weighted by Crippen LogP contribution is -2.22. The zero-order valence-electron chi connectivity index (χ0n) is 11.8. The molecule has 0 radical (unpaired) electrons. The Morgan fingerprint density at radius 2 is 2.10 bits per heavy atom. The van der Waals surface area contributed by atoms with E-state index in [1.54, 1.807) is 0 Å². The van der Waals surface area contributed by atoms with E-state index < -0.39 is 0 Å². The quantitative estimate of drug-likeness (QED) is 0.771. The smallest absolute Gasteiger partial charge is 0.0594 e. The van der Waals surface area contributed by atoms with Crippen molar-refractivity contribution in [3.05, 3.63) is 64.8 Å². The number of benzene rings is 1. The first kappa shape index (κ1) is 13.3. The van der Waals surface area contributed by atoms with Gasteiger partial charge in [-0.1, -0.05) is 25.1 Å². The van der Waals surface area contributed by atoms with Gasteiger partial charge in [-0.05, 0) is 53.1 Å². The van der Waals surface area contributed by atoms with Gasteiger partial charge >= 0.3 is 0 Å². The second-order valence-electron chi connectivity index (χ2n) is 4.91. The maximum absolute atomic E-state index is 4.21. The third-order valence-corrected chi connectivity index (χ3v) is 4.58. The van der Waals surface area contributed by atoms with E-state index in [2.05, 4.69) is 59.9 Å². The molecule has 102 valence electrons. The number of rotatable bonds is 4. The summed E-state index contributed by atoms with van der Waals surface area (Å²) in [6.45, 7) is 5.22. The Kier molecular flexibility index (Phi) is 3.81. The van der Waals surface area contributed by atoms with Crippen molar-refractivity contribution in [2.75, 3.05) is 6.54 Å². The molecule has 0 aliphatic carbocycles. The van der Waals surface area contributed by atoms with Gasteiger partial charge in [-0.3, -0.25) is 4.98 Å². The van der Waals surface area contributed by atoms with Crippen LogP contribution >= 0.6 is 11.3 Å². The molecule has 1 aromatic carbocycles. The van der Waals surface area contributed by atoms with Gasteiger partial charge in [-0.2, -0.15) is 0 Å². The zero-order chi connectivity index (χ0) is 13.9. The van der Waals surface area contributed by atoms with E-state index in [-0.39, 0.29) is 6.04 Å². The van der Waals surface area contributed by atoms with Crippen molar-refractivity contribution >= 4 is 21.4 Å². The van der Waals surface area contributed by atoms with Gasteiger partial charge in [0.15, 0.2) is 0 Å². The molecule has 0 fully saturated rings. The van der Waals surface area contributed by atoms with Gasteiger partial charge in [0, 0.05) is 17.1 Å². The van der Waals surface area contributed by atoms with Gasteiger partial charge in [0.25, 0.3) is 0 Å². The molecule has 1 unspecified atom stereocenters. The molecule has 3 rings (SSSR count). The highest BCUT2D eigenvalue weighted by molar-refractivity contribution is 7.17. The second-order valence-corrected chi connectivity index (χ2v) is 5.83. The summed E-state index contributed by atoms with van der Waals surface area (Å²) in [5.41, 5.74) is 3.89. The standard InChI is InChI=1S/C17H18N2S/c1-3-19-16(14-7-9-18-11-12(14)2)15-6-4-5-13-8-10-20-17(13)15/h4-11,16,19H,3H2,1-2H3. The average Bonchev–Trinajstić information content (AvgIpc) is 2.94. The highest BCUT2D eigenvalue weighted by atomic mass is 32.1. The van der Waals surface area contributed by atoms with Gasteiger partial charge in [-0.15, -0.1) is 11.3 Å². The summed E-state index contributed by atoms with van der Waals surface area (Å²) in [5, 5.41) is 7.10. The molecule has 0 aliphatic rings. The van der Waals surface area contributed by atoms with E-state index in [1.807, 2.05) is 23.7 Å². The fourth-order valence-corrected chi connectivity index (χ4v) is 3.59. The number of pyridine rings is 1. The summed E-state index contributed by atoms with van der Waals surface area (Å²) in [6.07, 6.45) is 3.81. The number of nitrogens with one attached hydrogen (secondary N) is 1. The SMILES string of the molecule is CCNC(c1ccncc1C)c1cccc2ccsc12. The van der Waals surface area contributed by atoms with Crippen LogP contribution in [0.3, 0.4) is 0 Å². The summed E-state index contributed by atoms with van der Waals surface area (Å²) in [6, 6.07) is 11.1. The predicted molar refractivity (Wildman–Crippen MR) is 86.3 cm³/mol. The maximum atomic E-state index is 4.21. The average molecular weight is 282 g/mol. The molecule has 1 atom stereocenters. The first-order valence-corrected chi connectivity index (χ1v) is 7.79. The van der Waals surface area contributed by atoms with Crippen molar-refractivity contribution in [1.82, 2.24) is 10.3 Å². The fourth-order valence-electron chi connectivity index (χ4n) is 2.64. The molecule has 1 N–H and O–H groups in total. The fraction of sp³-hybridized carbons (Fsp3) is 0.235. The third-order valence-electron chi connectivity index (χ3n) is 3.60. The van der Waals surface area contributed by atoms with Crippen LogP contribution in [0.25, 0.3) is 10.1 Å². The van der Waals surface area contributed by atoms with Crippen molar-refractivity contribution in [2.45, 2.75) is 19.9 Å². The first-order chi connectivity index (χ1) is 9.81. The van der Waals surface area contributed by atoms with Gasteiger partial charge in [0.05, 0.1) is 6.04 Å². The van der Waals surface area contributed by atoms with Crippen LogP contribution in [0.15, 0.2) is 48.1 Å². The molecule has 3 heteroatoms. The maximum Gasteiger partial charge on any atom is 0.0594 e. The van der Waals surface area contributed by atoms with Gasteiger partial charge in [0.2, 0.25) is 0 Å². The highest BCUT2D eigenvalue weighted by Crippen LogP contribution is 2.33. The number of hydrogen-bond acceptors (Lipinski definition) is 3. The van der Waals surface area contributed by atoms with Crippen LogP contribution in [0.5, 0.6) is 0 Å². The molecule has 0 spiro atoms. The van der Waals surface area contributed by atoms with E-state index >= 15 is 0 Å². The van der Waals surface area contributed by atoms with Gasteiger partial charge in [-0.25, -0.2) is 0 Å². The van der Waals surface area contributed by atoms with Crippen LogP contribution < -0.4 is 5.32 Å². The monoisotopic (exact) mass is 282 g/mol. The molecule has 0 aliphatic heterocycles. The van der Waals surface area contributed by atoms with Crippen molar-refractivity contribution < 1.29 is 0 Å². The molecule has 0 saturated carbocycles. The van der Waals surface area contributed by atoms with Crippen molar-refractivity contribution in [3.63, 3.8) is 0 Å². The van der Waals surface area contributed by atoms with E-state index in [0.717, 1.165) is 6.54 Å². The molecule has 2 heterocycles. The first-order valence-electron chi connectivity index (χ1n) is 6.91. The highest BCUT2D eigenvalue weighted by Gasteiger charge is 2.17. The van der Waals surface area contributed by atoms with Crippen molar-refractivity contribution in [3.8, 4) is 0 Å². The summed E-state index contributed by atoms with van der Waals surface area (Å²) in [5.74, 6) is 0. The number of thiophene rings is 1. The Balaban J connectivity index is 2.16. The topological polar surface area (TPSA) is 24.9 Å². The Hall–Kier alpha value is -1.71. The number of aryl methyl sites for hydroxylation is 1. The molecular formula is C17H18N2S. The minimum Gasteiger partial charge on any atom is -0.306 e. The molecule has 2 nitrogen and oxygen atoms in total. The lowest BCUT2D eigenvalue weighted by atomic mass is 9.95. The molecular weight excluding hydrogens is 264 g/mol. The minimum absolute atomic E-state index is 0.227. The van der Waals surface area contributed by atoms with E-state index in [0.29, 0.717) is 0 Å². The number of aromatic nitrogens is 1. The lowest BCUT2D eigenvalue weighted by molar-refractivity contribution is 0.631. The van der Waals surface area contributed by atoms with E-state index in [4.69, 9.17) is 0 Å². The lowest BCUT2D eigenvalue weighted by Gasteiger charge is -2.21. The van der Waals surface area contributed by atoms with Gasteiger partial charge < -0.3 is 5.32 Å². The third kappa shape index (κ3) is 2.35. The predicted octanol–water partition coefficient (Wildman–Crippen LogP) is 4.30. The molecule has 20 heavy (non-hydrogen) atoms. The van der Waals surface area contributed by atoms with Crippen LogP contribution in [0.2, 0.25) is 0 Å². The summed E-state index contributed by atoms with van der Waals surface area (Å²) >= 11 is 1.81. The van der Waals surface area contributed by atoms with E-state index in [9.17, 15) is 0 Å². The Bertz CT molecular complexity index is 718. The second kappa shape index (κ2) is 5.73. The molecule has 0 amide bonds. The normalized spacial score (nSPS) is 12.7. The van der Waals surface area contributed by atoms with Crippen LogP contribution in [0.1, 0.15) is 29.7 Å². The van der Waals surface area contributed by atoms with E-state index in [1.165, 1.54) is 26.8 Å².